The van der Waals surface area contributed by atoms with E-state index >= 15 is 0 Å². The third-order valence-electron chi connectivity index (χ3n) is 5.68. The fourth-order valence-corrected chi connectivity index (χ4v) is 3.47. The normalized spacial score (nSPS) is 13.9. The second kappa shape index (κ2) is 16.1. The van der Waals surface area contributed by atoms with Gasteiger partial charge in [0.1, 0.15) is 0 Å². The highest BCUT2D eigenvalue weighted by atomic mass is 35.5. The fraction of sp³-hybridized carbons (Fsp3) is 0.708. The van der Waals surface area contributed by atoms with E-state index in [2.05, 4.69) is 13.8 Å². The van der Waals surface area contributed by atoms with E-state index in [1.165, 1.54) is 0 Å². The molecule has 0 saturated heterocycles. The van der Waals surface area contributed by atoms with Crippen LogP contribution in [-0.4, -0.2) is 68.6 Å². The lowest BCUT2D eigenvalue weighted by Gasteiger charge is -2.31. The van der Waals surface area contributed by atoms with E-state index in [0.29, 0.717) is 31.3 Å². The summed E-state index contributed by atoms with van der Waals surface area (Å²) >= 11 is 0. The molecule has 0 fully saturated rings. The highest BCUT2D eigenvalue weighted by molar-refractivity contribution is 5.85. The van der Waals surface area contributed by atoms with Crippen molar-refractivity contribution < 1.29 is 24.1 Å². The van der Waals surface area contributed by atoms with Gasteiger partial charge in [0.05, 0.1) is 19.8 Å². The molecule has 1 amide bonds. The standard InChI is InChI=1S/C24H42N2O5.ClH/c1-17(2)20(14-21(25)22(28)15-26(16-27)18(3)4)12-19-8-9-23(30-6)24(13-19)31-11-7-10-29-5;/h8-9,13,16-18,20-22,28H,7,10-12,14-15,25H2,1-6H3;1H. The first-order valence-corrected chi connectivity index (χ1v) is 11.2. The largest absolute Gasteiger partial charge is 0.493 e. The number of hydrogen-bond donors (Lipinski definition) is 2. The van der Waals surface area contributed by atoms with Crippen LogP contribution in [0.15, 0.2) is 18.2 Å². The van der Waals surface area contributed by atoms with E-state index in [0.717, 1.165) is 30.6 Å². The number of nitrogens with two attached hydrogens (primary N) is 1. The number of carbonyl (C=O) groups excluding carboxylic acids is 1. The van der Waals surface area contributed by atoms with Crippen molar-refractivity contribution in [1.82, 2.24) is 4.90 Å². The van der Waals surface area contributed by atoms with Crippen LogP contribution in [0.1, 0.15) is 46.1 Å². The number of halogens is 1. The molecule has 0 heterocycles. The lowest BCUT2D eigenvalue weighted by molar-refractivity contribution is -0.121. The molecule has 1 aromatic rings. The molecular formula is C24H43ClN2O5. The summed E-state index contributed by atoms with van der Waals surface area (Å²) in [4.78, 5) is 12.8. The summed E-state index contributed by atoms with van der Waals surface area (Å²) < 4.78 is 16.4. The van der Waals surface area contributed by atoms with Crippen LogP contribution in [-0.2, 0) is 16.0 Å². The van der Waals surface area contributed by atoms with Gasteiger partial charge < -0.3 is 30.0 Å². The lowest BCUT2D eigenvalue weighted by Crippen LogP contribution is -2.46. The molecule has 3 N–H and O–H groups in total. The predicted molar refractivity (Wildman–Crippen MR) is 131 cm³/mol. The van der Waals surface area contributed by atoms with Crippen molar-refractivity contribution in [2.24, 2.45) is 17.6 Å². The van der Waals surface area contributed by atoms with E-state index < -0.39 is 12.1 Å². The van der Waals surface area contributed by atoms with Gasteiger partial charge in [0.15, 0.2) is 11.5 Å². The summed E-state index contributed by atoms with van der Waals surface area (Å²) in [6.07, 6.45) is 2.30. The molecule has 8 heteroatoms. The number of amides is 1. The second-order valence-electron chi connectivity index (χ2n) is 8.75. The van der Waals surface area contributed by atoms with Crippen LogP contribution in [0, 0.1) is 11.8 Å². The number of aliphatic hydroxyl groups is 1. The number of methoxy groups -OCH3 is 2. The first kappa shape index (κ1) is 30.5. The van der Waals surface area contributed by atoms with E-state index in [9.17, 15) is 9.90 Å². The van der Waals surface area contributed by atoms with Gasteiger partial charge in [0, 0.05) is 38.8 Å². The molecule has 32 heavy (non-hydrogen) atoms. The van der Waals surface area contributed by atoms with Gasteiger partial charge in [0.2, 0.25) is 6.41 Å². The molecule has 3 atom stereocenters. The van der Waals surface area contributed by atoms with Gasteiger partial charge in [-0.15, -0.1) is 12.4 Å². The molecule has 7 nitrogen and oxygen atoms in total. The number of hydrogen-bond acceptors (Lipinski definition) is 6. The monoisotopic (exact) mass is 474 g/mol. The van der Waals surface area contributed by atoms with E-state index in [1.807, 2.05) is 32.0 Å². The maximum atomic E-state index is 11.2. The van der Waals surface area contributed by atoms with Gasteiger partial charge in [-0.25, -0.2) is 0 Å². The topological polar surface area (TPSA) is 94.3 Å². The minimum absolute atomic E-state index is 0. The zero-order valence-corrected chi connectivity index (χ0v) is 21.3. The third-order valence-corrected chi connectivity index (χ3v) is 5.68. The van der Waals surface area contributed by atoms with Crippen molar-refractivity contribution in [3.63, 3.8) is 0 Å². The minimum Gasteiger partial charge on any atom is -0.493 e. The molecule has 0 saturated carbocycles. The van der Waals surface area contributed by atoms with Crippen molar-refractivity contribution in [1.29, 1.82) is 0 Å². The van der Waals surface area contributed by atoms with Crippen LogP contribution < -0.4 is 15.2 Å². The van der Waals surface area contributed by atoms with E-state index in [1.54, 1.807) is 19.1 Å². The molecular weight excluding hydrogens is 432 g/mol. The Bertz CT molecular complexity index is 645. The van der Waals surface area contributed by atoms with Crippen molar-refractivity contribution in [2.75, 3.05) is 34.0 Å². The predicted octanol–water partition coefficient (Wildman–Crippen LogP) is 3.29. The maximum Gasteiger partial charge on any atom is 0.210 e. The summed E-state index contributed by atoms with van der Waals surface area (Å²) in [5.74, 6) is 2.10. The van der Waals surface area contributed by atoms with Crippen LogP contribution in [0.25, 0.3) is 0 Å². The molecule has 3 unspecified atom stereocenters. The fourth-order valence-electron chi connectivity index (χ4n) is 3.47. The van der Waals surface area contributed by atoms with Crippen molar-refractivity contribution in [3.05, 3.63) is 23.8 Å². The molecule has 186 valence electrons. The number of ether oxygens (including phenoxy) is 3. The Labute approximate surface area is 200 Å². The zero-order chi connectivity index (χ0) is 23.4. The number of nitrogens with zero attached hydrogens (tertiary/aromatic N) is 1. The summed E-state index contributed by atoms with van der Waals surface area (Å²) in [5.41, 5.74) is 7.47. The molecule has 0 aliphatic heterocycles. The van der Waals surface area contributed by atoms with Crippen LogP contribution in [0.3, 0.4) is 0 Å². The van der Waals surface area contributed by atoms with Crippen molar-refractivity contribution in [3.8, 4) is 11.5 Å². The summed E-state index contributed by atoms with van der Waals surface area (Å²) in [5, 5.41) is 10.5. The smallest absolute Gasteiger partial charge is 0.210 e. The highest BCUT2D eigenvalue weighted by Gasteiger charge is 2.25. The zero-order valence-electron chi connectivity index (χ0n) is 20.5. The van der Waals surface area contributed by atoms with Crippen molar-refractivity contribution in [2.45, 2.75) is 65.1 Å². The molecule has 0 aliphatic carbocycles. The van der Waals surface area contributed by atoms with Crippen LogP contribution in [0.4, 0.5) is 0 Å². The molecule has 0 aromatic heterocycles. The van der Waals surface area contributed by atoms with Crippen LogP contribution >= 0.6 is 12.4 Å². The van der Waals surface area contributed by atoms with Gasteiger partial charge in [-0.3, -0.25) is 4.79 Å². The quantitative estimate of drug-likeness (QED) is 0.282. The summed E-state index contributed by atoms with van der Waals surface area (Å²) in [6.45, 7) is 9.62. The molecule has 1 rings (SSSR count). The maximum absolute atomic E-state index is 11.2. The van der Waals surface area contributed by atoms with Crippen LogP contribution in [0.2, 0.25) is 0 Å². The summed E-state index contributed by atoms with van der Waals surface area (Å²) in [6, 6.07) is 5.62. The Kier molecular flexibility index (Phi) is 15.4. The Balaban J connectivity index is 0.00000961. The first-order valence-electron chi connectivity index (χ1n) is 11.2. The number of aliphatic hydroxyl groups excluding tert-OH is 1. The Morgan fingerprint density at radius 3 is 2.34 bits per heavy atom. The third kappa shape index (κ3) is 10.4. The number of carbonyl (C=O) groups is 1. The van der Waals surface area contributed by atoms with E-state index in [4.69, 9.17) is 19.9 Å². The van der Waals surface area contributed by atoms with Crippen molar-refractivity contribution >= 4 is 18.8 Å². The minimum atomic E-state index is -0.760. The molecule has 0 spiro atoms. The Hall–Kier alpha value is -1.54. The number of benzene rings is 1. The van der Waals surface area contributed by atoms with Gasteiger partial charge in [-0.2, -0.15) is 0 Å². The Morgan fingerprint density at radius 2 is 1.81 bits per heavy atom. The average Bonchev–Trinajstić information content (AvgIpc) is 2.74. The van der Waals surface area contributed by atoms with E-state index in [-0.39, 0.29) is 30.9 Å². The molecule has 0 radical (unpaired) electrons. The number of rotatable bonds is 16. The molecule has 0 bridgehead atoms. The Morgan fingerprint density at radius 1 is 1.12 bits per heavy atom. The van der Waals surface area contributed by atoms with Gasteiger partial charge in [0.25, 0.3) is 0 Å². The van der Waals surface area contributed by atoms with Gasteiger partial charge in [-0.1, -0.05) is 19.9 Å². The highest BCUT2D eigenvalue weighted by Crippen LogP contribution is 2.31. The first-order chi connectivity index (χ1) is 14.7. The van der Waals surface area contributed by atoms with Gasteiger partial charge in [-0.05, 0) is 56.2 Å². The lowest BCUT2D eigenvalue weighted by atomic mass is 9.83. The summed E-state index contributed by atoms with van der Waals surface area (Å²) in [7, 11) is 3.31. The molecule has 1 aromatic carbocycles. The second-order valence-corrected chi connectivity index (χ2v) is 8.75. The van der Waals surface area contributed by atoms with Crippen LogP contribution in [0.5, 0.6) is 11.5 Å². The average molecular weight is 475 g/mol. The van der Waals surface area contributed by atoms with Gasteiger partial charge >= 0.3 is 0 Å². The SMILES string of the molecule is COCCCOc1cc(CC(CC(N)C(O)CN(C=O)C(C)C)C(C)C)ccc1OC.Cl. The molecule has 0 aliphatic rings.